The monoisotopic (exact) mass is 399 g/mol. The normalized spacial score (nSPS) is 17.3. The van der Waals surface area contributed by atoms with Gasteiger partial charge in [-0.15, -0.1) is 0 Å². The molecule has 28 heavy (non-hydrogen) atoms. The third-order valence-corrected chi connectivity index (χ3v) is 4.98. The summed E-state index contributed by atoms with van der Waals surface area (Å²) >= 11 is 5.90. The van der Waals surface area contributed by atoms with E-state index in [2.05, 4.69) is 10.6 Å². The van der Waals surface area contributed by atoms with Gasteiger partial charge in [-0.2, -0.15) is 0 Å². The van der Waals surface area contributed by atoms with Crippen LogP contribution in [0.5, 0.6) is 0 Å². The van der Waals surface area contributed by atoms with Crippen molar-refractivity contribution < 1.29 is 14.4 Å². The third kappa shape index (κ3) is 4.51. The Hall–Kier alpha value is -2.86. The Bertz CT molecular complexity index is 898. The van der Waals surface area contributed by atoms with Gasteiger partial charge in [0.1, 0.15) is 5.92 Å². The summed E-state index contributed by atoms with van der Waals surface area (Å²) in [5.74, 6) is -1.37. The maximum Gasteiger partial charge on any atom is 0.239 e. The van der Waals surface area contributed by atoms with Crippen LogP contribution in [0.4, 0.5) is 11.4 Å². The summed E-state index contributed by atoms with van der Waals surface area (Å²) < 4.78 is 0. The van der Waals surface area contributed by atoms with Crippen LogP contribution in [-0.4, -0.2) is 24.3 Å². The average Bonchev–Trinajstić information content (AvgIpc) is 3.03. The van der Waals surface area contributed by atoms with E-state index >= 15 is 0 Å². The number of benzene rings is 2. The van der Waals surface area contributed by atoms with Crippen molar-refractivity contribution in [3.8, 4) is 0 Å². The summed E-state index contributed by atoms with van der Waals surface area (Å²) in [4.78, 5) is 38.2. The minimum Gasteiger partial charge on any atom is -0.349 e. The molecule has 1 aliphatic rings. The molecule has 6 nitrogen and oxygen atoms in total. The van der Waals surface area contributed by atoms with Crippen LogP contribution in [-0.2, 0) is 14.4 Å². The first-order valence-corrected chi connectivity index (χ1v) is 9.48. The lowest BCUT2D eigenvalue weighted by molar-refractivity contribution is -0.132. The molecule has 0 aromatic heterocycles. The molecule has 1 aliphatic heterocycles. The van der Waals surface area contributed by atoms with Gasteiger partial charge in [-0.3, -0.25) is 14.4 Å². The maximum absolute atomic E-state index is 12.7. The molecule has 2 N–H and O–H groups in total. The number of nitrogens with one attached hydrogen (secondary N) is 2. The number of nitrogens with zero attached hydrogens (tertiary/aromatic N) is 1. The quantitative estimate of drug-likeness (QED) is 0.755. The number of anilines is 2. The topological polar surface area (TPSA) is 78.5 Å². The fourth-order valence-electron chi connectivity index (χ4n) is 3.29. The highest BCUT2D eigenvalue weighted by Gasteiger charge is 2.38. The molecule has 1 heterocycles. The Kier molecular flexibility index (Phi) is 5.99. The highest BCUT2D eigenvalue weighted by atomic mass is 35.5. The largest absolute Gasteiger partial charge is 0.349 e. The van der Waals surface area contributed by atoms with E-state index in [-0.39, 0.29) is 23.8 Å². The van der Waals surface area contributed by atoms with Crippen molar-refractivity contribution >= 4 is 40.7 Å². The van der Waals surface area contributed by atoms with Crippen LogP contribution in [0.1, 0.15) is 31.9 Å². The van der Waals surface area contributed by atoms with Crippen molar-refractivity contribution in [1.29, 1.82) is 0 Å². The summed E-state index contributed by atoms with van der Waals surface area (Å²) in [6.07, 6.45) is 0.464. The van der Waals surface area contributed by atoms with E-state index < -0.39 is 5.92 Å². The molecule has 0 aliphatic carbocycles. The van der Waals surface area contributed by atoms with Gasteiger partial charge in [0.25, 0.3) is 0 Å². The highest BCUT2D eigenvalue weighted by molar-refractivity contribution is 6.30. The fraction of sp³-hybridized carbons (Fsp3) is 0.286. The van der Waals surface area contributed by atoms with Crippen LogP contribution < -0.4 is 15.5 Å². The van der Waals surface area contributed by atoms with Crippen LogP contribution in [0.15, 0.2) is 48.5 Å². The van der Waals surface area contributed by atoms with Crippen molar-refractivity contribution in [3.05, 3.63) is 59.1 Å². The van der Waals surface area contributed by atoms with E-state index in [1.165, 1.54) is 6.92 Å². The summed E-state index contributed by atoms with van der Waals surface area (Å²) in [5.41, 5.74) is 2.25. The predicted molar refractivity (Wildman–Crippen MR) is 109 cm³/mol. The second-order valence-electron chi connectivity index (χ2n) is 6.84. The molecule has 2 aromatic rings. The Labute approximate surface area is 168 Å². The van der Waals surface area contributed by atoms with E-state index in [4.69, 9.17) is 11.6 Å². The number of rotatable bonds is 5. The minimum absolute atomic E-state index is 0.160. The van der Waals surface area contributed by atoms with Crippen molar-refractivity contribution in [3.63, 3.8) is 0 Å². The Balaban J connectivity index is 1.65. The molecule has 1 saturated heterocycles. The molecule has 1 fully saturated rings. The van der Waals surface area contributed by atoms with Gasteiger partial charge >= 0.3 is 0 Å². The molecule has 0 bridgehead atoms. The van der Waals surface area contributed by atoms with Gasteiger partial charge in [-0.1, -0.05) is 23.7 Å². The van der Waals surface area contributed by atoms with Crippen LogP contribution in [0.3, 0.4) is 0 Å². The third-order valence-electron chi connectivity index (χ3n) is 4.73. The van der Waals surface area contributed by atoms with Gasteiger partial charge in [0.2, 0.25) is 17.7 Å². The van der Waals surface area contributed by atoms with Crippen LogP contribution in [0.2, 0.25) is 5.02 Å². The maximum atomic E-state index is 12.7. The first kappa shape index (κ1) is 19.9. The zero-order chi connectivity index (χ0) is 20.3. The molecular formula is C21H22ClN3O3. The molecule has 3 amide bonds. The molecule has 0 spiro atoms. The van der Waals surface area contributed by atoms with Gasteiger partial charge in [-0.25, -0.2) is 0 Å². The van der Waals surface area contributed by atoms with E-state index in [9.17, 15) is 14.4 Å². The molecule has 0 saturated carbocycles. The predicted octanol–water partition coefficient (Wildman–Crippen LogP) is 3.53. The summed E-state index contributed by atoms with van der Waals surface area (Å²) in [5, 5.41) is 6.23. The second-order valence-corrected chi connectivity index (χ2v) is 7.28. The van der Waals surface area contributed by atoms with Gasteiger partial charge in [-0.05, 0) is 55.3 Å². The summed E-state index contributed by atoms with van der Waals surface area (Å²) in [7, 11) is 0. The SMILES string of the molecule is CC(=O)Nc1cccc(C(C)NC(=O)C2CCN(c3ccc(Cl)cc3)C2=O)c1. The standard InChI is InChI=1S/C21H22ClN3O3/c1-13(15-4-3-5-17(12-15)24-14(2)26)23-20(27)19-10-11-25(21(19)28)18-8-6-16(22)7-9-18/h3-9,12-13,19H,10-11H2,1-2H3,(H,23,27)(H,24,26). The molecule has 7 heteroatoms. The number of hydrogen-bond donors (Lipinski definition) is 2. The van der Waals surface area contributed by atoms with E-state index in [0.717, 1.165) is 11.3 Å². The fourth-order valence-corrected chi connectivity index (χ4v) is 3.41. The molecular weight excluding hydrogens is 378 g/mol. The smallest absolute Gasteiger partial charge is 0.239 e. The number of amides is 3. The molecule has 3 rings (SSSR count). The molecule has 2 atom stereocenters. The Morgan fingerprint density at radius 1 is 1.18 bits per heavy atom. The number of carbonyl (C=O) groups is 3. The van der Waals surface area contributed by atoms with Crippen molar-refractivity contribution in [2.24, 2.45) is 5.92 Å². The number of halogens is 1. The van der Waals surface area contributed by atoms with E-state index in [0.29, 0.717) is 23.7 Å². The van der Waals surface area contributed by atoms with Gasteiger partial charge in [0.15, 0.2) is 0 Å². The lowest BCUT2D eigenvalue weighted by Crippen LogP contribution is -2.38. The molecule has 0 radical (unpaired) electrons. The Morgan fingerprint density at radius 2 is 1.89 bits per heavy atom. The number of carbonyl (C=O) groups excluding carboxylic acids is 3. The van der Waals surface area contributed by atoms with E-state index in [1.54, 1.807) is 35.2 Å². The minimum atomic E-state index is -0.711. The number of hydrogen-bond acceptors (Lipinski definition) is 3. The second kappa shape index (κ2) is 8.44. The first-order valence-electron chi connectivity index (χ1n) is 9.10. The molecule has 146 valence electrons. The van der Waals surface area contributed by atoms with Crippen molar-refractivity contribution in [2.75, 3.05) is 16.8 Å². The average molecular weight is 400 g/mol. The zero-order valence-electron chi connectivity index (χ0n) is 15.7. The zero-order valence-corrected chi connectivity index (χ0v) is 16.5. The van der Waals surface area contributed by atoms with Crippen molar-refractivity contribution in [2.45, 2.75) is 26.3 Å². The van der Waals surface area contributed by atoms with Gasteiger partial charge in [0, 0.05) is 29.9 Å². The van der Waals surface area contributed by atoms with Gasteiger partial charge < -0.3 is 15.5 Å². The van der Waals surface area contributed by atoms with Crippen molar-refractivity contribution in [1.82, 2.24) is 5.32 Å². The molecule has 2 unspecified atom stereocenters. The first-order chi connectivity index (χ1) is 13.3. The van der Waals surface area contributed by atoms with E-state index in [1.807, 2.05) is 25.1 Å². The van der Waals surface area contributed by atoms with Crippen LogP contribution in [0.25, 0.3) is 0 Å². The highest BCUT2D eigenvalue weighted by Crippen LogP contribution is 2.27. The van der Waals surface area contributed by atoms with Crippen LogP contribution >= 0.6 is 11.6 Å². The van der Waals surface area contributed by atoms with Gasteiger partial charge in [0.05, 0.1) is 6.04 Å². The Morgan fingerprint density at radius 3 is 2.57 bits per heavy atom. The molecule has 2 aromatic carbocycles. The van der Waals surface area contributed by atoms with Crippen LogP contribution in [0, 0.1) is 5.92 Å². The summed E-state index contributed by atoms with van der Waals surface area (Å²) in [6, 6.07) is 14.0. The summed E-state index contributed by atoms with van der Waals surface area (Å²) in [6.45, 7) is 3.78. The lowest BCUT2D eigenvalue weighted by atomic mass is 10.0. The lowest BCUT2D eigenvalue weighted by Gasteiger charge is -2.19.